The van der Waals surface area contributed by atoms with Crippen molar-refractivity contribution in [3.05, 3.63) is 53.1 Å². The molecule has 0 aliphatic rings. The minimum atomic E-state index is -4.29. The van der Waals surface area contributed by atoms with Crippen molar-refractivity contribution in [1.29, 1.82) is 0 Å². The van der Waals surface area contributed by atoms with Crippen LogP contribution in [0, 0.1) is 5.41 Å². The minimum Gasteiger partial charge on any atom is -0.361 e. The van der Waals surface area contributed by atoms with Gasteiger partial charge < -0.3 is 4.98 Å². The van der Waals surface area contributed by atoms with Crippen molar-refractivity contribution in [2.45, 2.75) is 33.0 Å². The summed E-state index contributed by atoms with van der Waals surface area (Å²) in [5, 5.41) is 1.05. The van der Waals surface area contributed by atoms with Crippen molar-refractivity contribution < 1.29 is 13.2 Å². The summed E-state index contributed by atoms with van der Waals surface area (Å²) in [5.74, 6) is 0. The highest BCUT2D eigenvalue weighted by Crippen LogP contribution is 2.35. The Hall–Kier alpha value is -3.03. The number of nitrogens with zero attached hydrogens (tertiary/aromatic N) is 3. The monoisotopic (exact) mass is 402 g/mol. The van der Waals surface area contributed by atoms with Crippen molar-refractivity contribution in [2.75, 3.05) is 0 Å². The van der Waals surface area contributed by atoms with Gasteiger partial charge in [-0.2, -0.15) is 13.2 Å². The number of H-pyrrole nitrogens is 1. The average Bonchev–Trinajstić information content (AvgIpc) is 3.18. The standard InChI is InChI=1S/C21H21F3N4O/c1-20(2,11-21(22,23)24)12-28-17-7-6-16(26-18(17)27(3)19(28)29)13-4-5-15-14(10-13)8-9-25-15/h4-10,25H,11-12H2,1-3H3. The maximum absolute atomic E-state index is 12.9. The fourth-order valence-corrected chi connectivity index (χ4v) is 3.83. The molecule has 1 aromatic carbocycles. The molecule has 0 bridgehead atoms. The minimum absolute atomic E-state index is 0.0426. The number of imidazole rings is 1. The van der Waals surface area contributed by atoms with E-state index in [-0.39, 0.29) is 12.2 Å². The zero-order valence-electron chi connectivity index (χ0n) is 16.3. The van der Waals surface area contributed by atoms with Gasteiger partial charge in [0.05, 0.1) is 17.6 Å². The normalized spacial score (nSPS) is 12.9. The number of aromatic amines is 1. The molecule has 29 heavy (non-hydrogen) atoms. The number of hydrogen-bond acceptors (Lipinski definition) is 2. The highest BCUT2D eigenvalue weighted by atomic mass is 19.4. The Balaban J connectivity index is 1.77. The molecule has 4 aromatic rings. The van der Waals surface area contributed by atoms with Gasteiger partial charge >= 0.3 is 11.9 Å². The lowest BCUT2D eigenvalue weighted by atomic mass is 9.89. The highest BCUT2D eigenvalue weighted by Gasteiger charge is 2.37. The first-order valence-corrected chi connectivity index (χ1v) is 9.25. The molecule has 152 valence electrons. The number of aryl methyl sites for hydroxylation is 1. The Morgan fingerprint density at radius 2 is 1.86 bits per heavy atom. The number of hydrogen-bond donors (Lipinski definition) is 1. The van der Waals surface area contributed by atoms with Gasteiger partial charge in [-0.25, -0.2) is 9.78 Å². The summed E-state index contributed by atoms with van der Waals surface area (Å²) in [4.78, 5) is 20.5. The third-order valence-corrected chi connectivity index (χ3v) is 5.10. The Morgan fingerprint density at radius 1 is 1.10 bits per heavy atom. The van der Waals surface area contributed by atoms with E-state index in [0.717, 1.165) is 16.5 Å². The molecule has 0 atom stereocenters. The summed E-state index contributed by atoms with van der Waals surface area (Å²) in [6.07, 6.45) is -3.40. The molecule has 0 spiro atoms. The Labute approximate surface area is 164 Å². The van der Waals surface area contributed by atoms with Crippen LogP contribution in [-0.4, -0.2) is 25.3 Å². The van der Waals surface area contributed by atoms with Crippen molar-refractivity contribution in [3.63, 3.8) is 0 Å². The predicted octanol–water partition coefficient (Wildman–Crippen LogP) is 4.86. The van der Waals surface area contributed by atoms with Gasteiger partial charge in [0.2, 0.25) is 0 Å². The van der Waals surface area contributed by atoms with Crippen LogP contribution in [-0.2, 0) is 13.6 Å². The third-order valence-electron chi connectivity index (χ3n) is 5.10. The predicted molar refractivity (Wildman–Crippen MR) is 107 cm³/mol. The molecule has 5 nitrogen and oxygen atoms in total. The molecule has 0 aliphatic carbocycles. The topological polar surface area (TPSA) is 55.6 Å². The van der Waals surface area contributed by atoms with Gasteiger partial charge in [0.25, 0.3) is 0 Å². The van der Waals surface area contributed by atoms with Crippen molar-refractivity contribution in [1.82, 2.24) is 19.1 Å². The number of alkyl halides is 3. The van der Waals surface area contributed by atoms with E-state index >= 15 is 0 Å². The fraction of sp³-hybridized carbons (Fsp3) is 0.333. The Bertz CT molecular complexity index is 1260. The summed E-state index contributed by atoms with van der Waals surface area (Å²) in [6, 6.07) is 11.4. The van der Waals surface area contributed by atoms with Gasteiger partial charge in [0.15, 0.2) is 5.65 Å². The quantitative estimate of drug-likeness (QED) is 0.530. The second kappa shape index (κ2) is 6.50. The zero-order valence-corrected chi connectivity index (χ0v) is 16.3. The lowest BCUT2D eigenvalue weighted by Crippen LogP contribution is -2.32. The molecule has 8 heteroatoms. The van der Waals surface area contributed by atoms with Crippen LogP contribution in [0.2, 0.25) is 0 Å². The first kappa shape index (κ1) is 19.3. The largest absolute Gasteiger partial charge is 0.389 e. The van der Waals surface area contributed by atoms with Gasteiger partial charge in [-0.15, -0.1) is 0 Å². The Morgan fingerprint density at radius 3 is 2.59 bits per heavy atom. The van der Waals surface area contributed by atoms with E-state index in [2.05, 4.69) is 9.97 Å². The van der Waals surface area contributed by atoms with E-state index in [1.807, 2.05) is 30.5 Å². The van der Waals surface area contributed by atoms with Crippen LogP contribution in [0.25, 0.3) is 33.3 Å². The van der Waals surface area contributed by atoms with Crippen molar-refractivity contribution >= 4 is 22.1 Å². The molecule has 0 unspecified atom stereocenters. The van der Waals surface area contributed by atoms with E-state index in [4.69, 9.17) is 0 Å². The van der Waals surface area contributed by atoms with Crippen molar-refractivity contribution in [3.8, 4) is 11.3 Å². The highest BCUT2D eigenvalue weighted by molar-refractivity contribution is 5.85. The maximum Gasteiger partial charge on any atom is 0.389 e. The van der Waals surface area contributed by atoms with Crippen LogP contribution in [0.15, 0.2) is 47.4 Å². The van der Waals surface area contributed by atoms with Crippen LogP contribution in [0.3, 0.4) is 0 Å². The number of aromatic nitrogens is 4. The molecular formula is C21H21F3N4O. The van der Waals surface area contributed by atoms with E-state index in [0.29, 0.717) is 16.9 Å². The molecule has 0 amide bonds. The second-order valence-corrected chi connectivity index (χ2v) is 8.20. The zero-order chi connectivity index (χ0) is 21.0. The van der Waals surface area contributed by atoms with Gasteiger partial charge in [0.1, 0.15) is 0 Å². The molecule has 4 rings (SSSR count). The van der Waals surface area contributed by atoms with Gasteiger partial charge in [-0.1, -0.05) is 19.9 Å². The molecule has 3 heterocycles. The van der Waals surface area contributed by atoms with Gasteiger partial charge in [0, 0.05) is 36.3 Å². The number of fused-ring (bicyclic) bond motifs is 2. The first-order chi connectivity index (χ1) is 13.5. The summed E-state index contributed by atoms with van der Waals surface area (Å²) in [6.45, 7) is 2.98. The van der Waals surface area contributed by atoms with E-state index in [1.54, 1.807) is 19.2 Å². The molecule has 0 aliphatic heterocycles. The Kier molecular flexibility index (Phi) is 4.33. The van der Waals surface area contributed by atoms with Gasteiger partial charge in [-0.05, 0) is 35.7 Å². The average molecular weight is 402 g/mol. The maximum atomic E-state index is 12.9. The van der Waals surface area contributed by atoms with Crippen LogP contribution in [0.1, 0.15) is 20.3 Å². The van der Waals surface area contributed by atoms with Gasteiger partial charge in [-0.3, -0.25) is 9.13 Å². The number of rotatable bonds is 4. The lowest BCUT2D eigenvalue weighted by Gasteiger charge is -2.26. The third kappa shape index (κ3) is 3.66. The summed E-state index contributed by atoms with van der Waals surface area (Å²) >= 11 is 0. The lowest BCUT2D eigenvalue weighted by molar-refractivity contribution is -0.155. The molecule has 0 saturated heterocycles. The molecule has 0 saturated carbocycles. The summed E-state index contributed by atoms with van der Waals surface area (Å²) in [5.41, 5.74) is 2.10. The second-order valence-electron chi connectivity index (χ2n) is 8.20. The molecule has 3 aromatic heterocycles. The molecular weight excluding hydrogens is 381 g/mol. The van der Waals surface area contributed by atoms with Crippen LogP contribution in [0.4, 0.5) is 13.2 Å². The van der Waals surface area contributed by atoms with Crippen LogP contribution >= 0.6 is 0 Å². The van der Waals surface area contributed by atoms with E-state index in [9.17, 15) is 18.0 Å². The summed E-state index contributed by atoms with van der Waals surface area (Å²) in [7, 11) is 1.59. The number of benzene rings is 1. The molecule has 0 fully saturated rings. The first-order valence-electron chi connectivity index (χ1n) is 9.25. The van der Waals surface area contributed by atoms with Crippen LogP contribution < -0.4 is 5.69 Å². The molecule has 0 radical (unpaired) electrons. The smallest absolute Gasteiger partial charge is 0.361 e. The number of halogens is 3. The van der Waals surface area contributed by atoms with Crippen LogP contribution in [0.5, 0.6) is 0 Å². The van der Waals surface area contributed by atoms with E-state index in [1.165, 1.54) is 23.0 Å². The SMILES string of the molecule is Cn1c(=O)n(CC(C)(C)CC(F)(F)F)c2ccc(-c3ccc4[nH]ccc4c3)nc21. The van der Waals surface area contributed by atoms with E-state index < -0.39 is 18.0 Å². The number of nitrogens with one attached hydrogen (secondary N) is 1. The molecule has 1 N–H and O–H groups in total. The summed E-state index contributed by atoms with van der Waals surface area (Å²) < 4.78 is 41.5. The fourth-order valence-electron chi connectivity index (χ4n) is 3.83. The number of pyridine rings is 1. The van der Waals surface area contributed by atoms with Crippen molar-refractivity contribution in [2.24, 2.45) is 12.5 Å².